The van der Waals surface area contributed by atoms with Gasteiger partial charge in [0.05, 0.1) is 5.69 Å². The first-order valence-electron chi connectivity index (χ1n) is 8.44. The molecule has 1 aliphatic rings. The number of esters is 1. The molecule has 0 fully saturated rings. The molecular formula is C19H22ClN3O3. The highest BCUT2D eigenvalue weighted by atomic mass is 35.5. The minimum atomic E-state index is -0.884. The zero-order valence-electron chi connectivity index (χ0n) is 15.2. The molecule has 1 aromatic heterocycles. The van der Waals surface area contributed by atoms with E-state index in [2.05, 4.69) is 9.97 Å². The van der Waals surface area contributed by atoms with Gasteiger partial charge in [0.25, 0.3) is 0 Å². The van der Waals surface area contributed by atoms with Crippen LogP contribution in [0.4, 0.5) is 0 Å². The normalized spacial score (nSPS) is 18.5. The average Bonchev–Trinajstić information content (AvgIpc) is 2.89. The number of aliphatic hydroxyl groups excluding tert-OH is 1. The van der Waals surface area contributed by atoms with E-state index in [9.17, 15) is 9.90 Å². The lowest BCUT2D eigenvalue weighted by molar-refractivity contribution is -0.165. The summed E-state index contributed by atoms with van der Waals surface area (Å²) in [6.45, 7) is 7.69. The Morgan fingerprint density at radius 3 is 2.77 bits per heavy atom. The summed E-state index contributed by atoms with van der Waals surface area (Å²) in [6.07, 6.45) is 0.704. The number of rotatable bonds is 3. The first-order valence-corrected chi connectivity index (χ1v) is 8.82. The Balaban J connectivity index is 1.83. The lowest BCUT2D eigenvalue weighted by atomic mass is 10.0. The summed E-state index contributed by atoms with van der Waals surface area (Å²) in [5, 5.41) is 10.9. The number of fused-ring (bicyclic) bond motifs is 1. The molecule has 1 aromatic carbocycles. The standard InChI is InChI=1S/C19H22ClN3O3/c1-11(17(25)26-19(2,3)4)23-10-13-6-5-12(9-14(13)16(23)24)15-7-8-21-18(20)22-15/h5-9,11,16,24H,10H2,1-4H3/t11-,16?/m1/s1. The van der Waals surface area contributed by atoms with E-state index in [0.29, 0.717) is 12.2 Å². The molecule has 6 nitrogen and oxygen atoms in total. The summed E-state index contributed by atoms with van der Waals surface area (Å²) in [5.74, 6) is -0.354. The topological polar surface area (TPSA) is 75.5 Å². The van der Waals surface area contributed by atoms with Gasteiger partial charge in [0.15, 0.2) is 0 Å². The molecule has 1 N–H and O–H groups in total. The number of hydrogen-bond acceptors (Lipinski definition) is 6. The Kier molecular flexibility index (Phi) is 5.01. The molecule has 0 radical (unpaired) electrons. The zero-order valence-corrected chi connectivity index (χ0v) is 16.0. The quantitative estimate of drug-likeness (QED) is 0.655. The Morgan fingerprint density at radius 2 is 2.12 bits per heavy atom. The van der Waals surface area contributed by atoms with E-state index in [1.165, 1.54) is 0 Å². The van der Waals surface area contributed by atoms with E-state index >= 15 is 0 Å². The van der Waals surface area contributed by atoms with Crippen molar-refractivity contribution in [3.05, 3.63) is 46.9 Å². The van der Waals surface area contributed by atoms with Crippen LogP contribution in [0.15, 0.2) is 30.5 Å². The van der Waals surface area contributed by atoms with Gasteiger partial charge in [-0.15, -0.1) is 0 Å². The van der Waals surface area contributed by atoms with Gasteiger partial charge in [0, 0.05) is 23.9 Å². The monoisotopic (exact) mass is 375 g/mol. The number of aliphatic hydroxyl groups is 1. The second-order valence-electron chi connectivity index (χ2n) is 7.38. The van der Waals surface area contributed by atoms with Crippen LogP contribution < -0.4 is 0 Å². The van der Waals surface area contributed by atoms with Gasteiger partial charge < -0.3 is 9.84 Å². The molecule has 26 heavy (non-hydrogen) atoms. The van der Waals surface area contributed by atoms with Gasteiger partial charge >= 0.3 is 5.97 Å². The minimum Gasteiger partial charge on any atom is -0.459 e. The molecule has 0 amide bonds. The maximum atomic E-state index is 12.4. The van der Waals surface area contributed by atoms with E-state index in [4.69, 9.17) is 16.3 Å². The maximum Gasteiger partial charge on any atom is 0.323 e. The molecule has 3 rings (SSSR count). The number of carbonyl (C=O) groups excluding carboxylic acids is 1. The van der Waals surface area contributed by atoms with E-state index < -0.39 is 17.9 Å². The molecule has 0 spiro atoms. The molecule has 2 heterocycles. The SMILES string of the molecule is C[C@H](C(=O)OC(C)(C)C)N1Cc2ccc(-c3ccnc(Cl)n3)cc2C1O. The van der Waals surface area contributed by atoms with Crippen LogP contribution in [-0.4, -0.2) is 37.6 Å². The van der Waals surface area contributed by atoms with Crippen LogP contribution in [0.5, 0.6) is 0 Å². The van der Waals surface area contributed by atoms with Crippen LogP contribution in [0.25, 0.3) is 11.3 Å². The molecule has 0 saturated heterocycles. The highest BCUT2D eigenvalue weighted by Crippen LogP contribution is 2.36. The van der Waals surface area contributed by atoms with Crippen molar-refractivity contribution in [2.45, 2.75) is 52.1 Å². The highest BCUT2D eigenvalue weighted by molar-refractivity contribution is 6.28. The third-order valence-corrected chi connectivity index (χ3v) is 4.44. The Morgan fingerprint density at radius 1 is 1.38 bits per heavy atom. The molecule has 2 atom stereocenters. The number of ether oxygens (including phenoxy) is 1. The molecule has 0 aliphatic carbocycles. The molecule has 1 aliphatic heterocycles. The van der Waals surface area contributed by atoms with Gasteiger partial charge in [-0.3, -0.25) is 9.69 Å². The fraction of sp³-hybridized carbons (Fsp3) is 0.421. The average molecular weight is 376 g/mol. The van der Waals surface area contributed by atoms with Crippen molar-refractivity contribution in [3.63, 3.8) is 0 Å². The predicted octanol–water partition coefficient (Wildman–Crippen LogP) is 3.33. The van der Waals surface area contributed by atoms with Crippen molar-refractivity contribution in [2.24, 2.45) is 0 Å². The highest BCUT2D eigenvalue weighted by Gasteiger charge is 2.36. The van der Waals surface area contributed by atoms with Crippen molar-refractivity contribution < 1.29 is 14.6 Å². The van der Waals surface area contributed by atoms with Crippen molar-refractivity contribution in [1.29, 1.82) is 0 Å². The number of aromatic nitrogens is 2. The Hall–Kier alpha value is -2.02. The number of benzene rings is 1. The minimum absolute atomic E-state index is 0.170. The predicted molar refractivity (Wildman–Crippen MR) is 98.3 cm³/mol. The summed E-state index contributed by atoms with van der Waals surface area (Å²) in [4.78, 5) is 22.2. The number of hydrogen-bond donors (Lipinski definition) is 1. The van der Waals surface area contributed by atoms with E-state index in [1.807, 2.05) is 39.0 Å². The van der Waals surface area contributed by atoms with Gasteiger partial charge in [0.2, 0.25) is 5.28 Å². The van der Waals surface area contributed by atoms with Crippen LogP contribution >= 0.6 is 11.6 Å². The van der Waals surface area contributed by atoms with E-state index in [0.717, 1.165) is 16.7 Å². The lowest BCUT2D eigenvalue weighted by Gasteiger charge is -2.29. The second-order valence-corrected chi connectivity index (χ2v) is 7.72. The van der Waals surface area contributed by atoms with Crippen LogP contribution in [0.1, 0.15) is 45.0 Å². The summed E-state index contributed by atoms with van der Waals surface area (Å²) in [7, 11) is 0. The second kappa shape index (κ2) is 6.95. The van der Waals surface area contributed by atoms with Crippen LogP contribution in [0, 0.1) is 0 Å². The van der Waals surface area contributed by atoms with Crippen molar-refractivity contribution in [2.75, 3.05) is 0 Å². The molecule has 0 saturated carbocycles. The maximum absolute atomic E-state index is 12.4. The van der Waals surface area contributed by atoms with Gasteiger partial charge in [-0.1, -0.05) is 12.1 Å². The largest absolute Gasteiger partial charge is 0.459 e. The lowest BCUT2D eigenvalue weighted by Crippen LogP contribution is -2.41. The van der Waals surface area contributed by atoms with Gasteiger partial charge in [0.1, 0.15) is 17.9 Å². The number of halogens is 1. The summed E-state index contributed by atoms with van der Waals surface area (Å²) in [5.41, 5.74) is 2.67. The van der Waals surface area contributed by atoms with E-state index in [1.54, 1.807) is 24.1 Å². The van der Waals surface area contributed by atoms with Crippen LogP contribution in [0.2, 0.25) is 5.28 Å². The van der Waals surface area contributed by atoms with Crippen LogP contribution in [0.3, 0.4) is 0 Å². The molecule has 7 heteroatoms. The smallest absolute Gasteiger partial charge is 0.323 e. The number of carbonyl (C=O) groups is 1. The van der Waals surface area contributed by atoms with Crippen molar-refractivity contribution in [1.82, 2.24) is 14.9 Å². The van der Waals surface area contributed by atoms with Crippen molar-refractivity contribution >= 4 is 17.6 Å². The number of nitrogens with zero attached hydrogens (tertiary/aromatic N) is 3. The summed E-state index contributed by atoms with van der Waals surface area (Å²) in [6, 6.07) is 6.93. The fourth-order valence-electron chi connectivity index (χ4n) is 2.97. The van der Waals surface area contributed by atoms with Crippen molar-refractivity contribution in [3.8, 4) is 11.3 Å². The first kappa shape index (κ1) is 18.8. The molecule has 138 valence electrons. The first-order chi connectivity index (χ1) is 12.2. The van der Waals surface area contributed by atoms with Crippen LogP contribution in [-0.2, 0) is 16.1 Å². The zero-order chi connectivity index (χ0) is 19.1. The molecular weight excluding hydrogens is 354 g/mol. The van der Waals surface area contributed by atoms with Gasteiger partial charge in [-0.2, -0.15) is 0 Å². The van der Waals surface area contributed by atoms with E-state index in [-0.39, 0.29) is 11.3 Å². The summed E-state index contributed by atoms with van der Waals surface area (Å²) < 4.78 is 5.44. The molecule has 1 unspecified atom stereocenters. The molecule has 0 bridgehead atoms. The van der Waals surface area contributed by atoms with Gasteiger partial charge in [-0.25, -0.2) is 9.97 Å². The Labute approximate surface area is 157 Å². The third kappa shape index (κ3) is 3.87. The third-order valence-electron chi connectivity index (χ3n) is 4.26. The summed E-state index contributed by atoms with van der Waals surface area (Å²) >= 11 is 5.86. The van der Waals surface area contributed by atoms with Gasteiger partial charge in [-0.05, 0) is 57.0 Å². The molecule has 2 aromatic rings. The Bertz CT molecular complexity index is 835. The fourth-order valence-corrected chi connectivity index (χ4v) is 3.11.